The third kappa shape index (κ3) is 1.58. The molecule has 3 rings (SSSR count). The average Bonchev–Trinajstić information content (AvgIpc) is 3.10. The maximum Gasteiger partial charge on any atom is 0.314 e. The van der Waals surface area contributed by atoms with Crippen molar-refractivity contribution in [3.63, 3.8) is 0 Å². The van der Waals surface area contributed by atoms with E-state index in [4.69, 9.17) is 0 Å². The SMILES string of the molecule is CC1CCCc2ccc(C3(C(=O)O)CC3)cc21. The quantitative estimate of drug-likeness (QED) is 0.846. The van der Waals surface area contributed by atoms with Crippen LogP contribution in [0.3, 0.4) is 0 Å². The van der Waals surface area contributed by atoms with Gasteiger partial charge in [-0.3, -0.25) is 4.79 Å². The van der Waals surface area contributed by atoms with Gasteiger partial charge < -0.3 is 5.11 Å². The van der Waals surface area contributed by atoms with E-state index < -0.39 is 11.4 Å². The van der Waals surface area contributed by atoms with Gasteiger partial charge in [-0.05, 0) is 54.7 Å². The van der Waals surface area contributed by atoms with Crippen LogP contribution >= 0.6 is 0 Å². The van der Waals surface area contributed by atoms with Crippen molar-refractivity contribution in [2.75, 3.05) is 0 Å². The Morgan fingerprint density at radius 3 is 2.82 bits per heavy atom. The zero-order valence-electron chi connectivity index (χ0n) is 10.2. The first-order valence-corrected chi connectivity index (χ1v) is 6.50. The first-order chi connectivity index (χ1) is 8.13. The predicted octanol–water partition coefficient (Wildman–Crippen LogP) is 3.24. The van der Waals surface area contributed by atoms with Gasteiger partial charge in [-0.25, -0.2) is 0 Å². The fourth-order valence-electron chi connectivity index (χ4n) is 3.08. The van der Waals surface area contributed by atoms with E-state index in [1.54, 1.807) is 0 Å². The molecule has 0 saturated heterocycles. The molecule has 1 aromatic rings. The zero-order valence-corrected chi connectivity index (χ0v) is 10.2. The highest BCUT2D eigenvalue weighted by molar-refractivity contribution is 5.85. The Bertz CT molecular complexity index is 472. The summed E-state index contributed by atoms with van der Waals surface area (Å²) in [4.78, 5) is 11.3. The molecule has 1 unspecified atom stereocenters. The minimum absolute atomic E-state index is 0.549. The van der Waals surface area contributed by atoms with Crippen molar-refractivity contribution in [2.45, 2.75) is 50.4 Å². The second kappa shape index (κ2) is 3.59. The summed E-state index contributed by atoms with van der Waals surface area (Å²) in [6.45, 7) is 2.25. The molecule has 0 heterocycles. The summed E-state index contributed by atoms with van der Waals surface area (Å²) >= 11 is 0. The van der Waals surface area contributed by atoms with E-state index in [1.165, 1.54) is 24.0 Å². The number of hydrogen-bond donors (Lipinski definition) is 1. The lowest BCUT2D eigenvalue weighted by molar-refractivity contribution is -0.140. The second-order valence-corrected chi connectivity index (χ2v) is 5.59. The Labute approximate surface area is 102 Å². The summed E-state index contributed by atoms with van der Waals surface area (Å²) in [5.41, 5.74) is 3.29. The molecule has 0 radical (unpaired) electrons. The van der Waals surface area contributed by atoms with Crippen LogP contribution in [0.1, 0.15) is 55.2 Å². The molecular weight excluding hydrogens is 212 g/mol. The van der Waals surface area contributed by atoms with Crippen molar-refractivity contribution in [3.8, 4) is 0 Å². The number of carbonyl (C=O) groups is 1. The van der Waals surface area contributed by atoms with Crippen molar-refractivity contribution < 1.29 is 9.90 Å². The van der Waals surface area contributed by atoms with Gasteiger partial charge in [0.2, 0.25) is 0 Å². The van der Waals surface area contributed by atoms with Gasteiger partial charge in [0.15, 0.2) is 0 Å². The summed E-state index contributed by atoms with van der Waals surface area (Å²) in [6, 6.07) is 6.36. The van der Waals surface area contributed by atoms with Gasteiger partial charge in [0, 0.05) is 0 Å². The van der Waals surface area contributed by atoms with Crippen molar-refractivity contribution >= 4 is 5.97 Å². The molecule has 90 valence electrons. The maximum atomic E-state index is 11.3. The number of benzene rings is 1. The standard InChI is InChI=1S/C15H18O2/c1-10-3-2-4-11-5-6-12(9-13(10)11)15(7-8-15)14(16)17/h5-6,9-10H,2-4,7-8H2,1H3,(H,16,17). The molecule has 1 atom stereocenters. The van der Waals surface area contributed by atoms with Crippen LogP contribution in [0.2, 0.25) is 0 Å². The molecule has 1 fully saturated rings. The minimum atomic E-state index is -0.652. The van der Waals surface area contributed by atoms with E-state index in [2.05, 4.69) is 19.1 Å². The second-order valence-electron chi connectivity index (χ2n) is 5.59. The van der Waals surface area contributed by atoms with Gasteiger partial charge in [0.1, 0.15) is 0 Å². The Hall–Kier alpha value is -1.31. The molecule has 0 bridgehead atoms. The summed E-state index contributed by atoms with van der Waals surface area (Å²) in [7, 11) is 0. The lowest BCUT2D eigenvalue weighted by atomic mass is 9.81. The molecule has 1 N–H and O–H groups in total. The molecule has 0 amide bonds. The Morgan fingerprint density at radius 2 is 2.18 bits per heavy atom. The molecule has 1 saturated carbocycles. The molecule has 1 aromatic carbocycles. The summed E-state index contributed by atoms with van der Waals surface area (Å²) in [5, 5.41) is 9.33. The van der Waals surface area contributed by atoms with Gasteiger partial charge in [-0.15, -0.1) is 0 Å². The molecule has 0 aliphatic heterocycles. The number of aryl methyl sites for hydroxylation is 1. The van der Waals surface area contributed by atoms with Crippen molar-refractivity contribution in [2.24, 2.45) is 0 Å². The third-order valence-electron chi connectivity index (χ3n) is 4.47. The number of rotatable bonds is 2. The molecule has 2 aliphatic carbocycles. The van der Waals surface area contributed by atoms with Gasteiger partial charge in [-0.2, -0.15) is 0 Å². The number of fused-ring (bicyclic) bond motifs is 1. The van der Waals surface area contributed by atoms with Crippen LogP contribution in [-0.4, -0.2) is 11.1 Å². The zero-order chi connectivity index (χ0) is 12.0. The fraction of sp³-hybridized carbons (Fsp3) is 0.533. The highest BCUT2D eigenvalue weighted by atomic mass is 16.4. The predicted molar refractivity (Wildman–Crippen MR) is 66.3 cm³/mol. The molecule has 2 nitrogen and oxygen atoms in total. The topological polar surface area (TPSA) is 37.3 Å². The molecular formula is C15H18O2. The van der Waals surface area contributed by atoms with E-state index in [0.29, 0.717) is 5.92 Å². The van der Waals surface area contributed by atoms with Crippen LogP contribution in [0.15, 0.2) is 18.2 Å². The van der Waals surface area contributed by atoms with Gasteiger partial charge in [0.25, 0.3) is 0 Å². The monoisotopic (exact) mass is 230 g/mol. The van der Waals surface area contributed by atoms with Crippen LogP contribution in [0, 0.1) is 0 Å². The van der Waals surface area contributed by atoms with Gasteiger partial charge >= 0.3 is 5.97 Å². The number of hydrogen-bond acceptors (Lipinski definition) is 1. The first kappa shape index (κ1) is 10.8. The van der Waals surface area contributed by atoms with Crippen LogP contribution in [0.25, 0.3) is 0 Å². The highest BCUT2D eigenvalue weighted by Gasteiger charge is 2.51. The molecule has 17 heavy (non-hydrogen) atoms. The van der Waals surface area contributed by atoms with Crippen molar-refractivity contribution in [1.82, 2.24) is 0 Å². The van der Waals surface area contributed by atoms with Gasteiger partial charge in [-0.1, -0.05) is 25.1 Å². The summed E-state index contributed by atoms with van der Waals surface area (Å²) in [6.07, 6.45) is 5.25. The van der Waals surface area contributed by atoms with E-state index in [1.807, 2.05) is 6.07 Å². The van der Waals surface area contributed by atoms with Crippen LogP contribution in [-0.2, 0) is 16.6 Å². The largest absolute Gasteiger partial charge is 0.481 e. The molecule has 0 spiro atoms. The van der Waals surface area contributed by atoms with E-state index in [0.717, 1.165) is 24.8 Å². The Balaban J connectivity index is 2.04. The normalized spacial score (nSPS) is 25.1. The van der Waals surface area contributed by atoms with Crippen LogP contribution < -0.4 is 0 Å². The minimum Gasteiger partial charge on any atom is -0.481 e. The lowest BCUT2D eigenvalue weighted by Crippen LogP contribution is -2.20. The van der Waals surface area contributed by atoms with E-state index in [9.17, 15) is 9.90 Å². The smallest absolute Gasteiger partial charge is 0.314 e. The highest BCUT2D eigenvalue weighted by Crippen LogP contribution is 2.49. The average molecular weight is 230 g/mol. The first-order valence-electron chi connectivity index (χ1n) is 6.50. The number of aliphatic carboxylic acids is 1. The maximum absolute atomic E-state index is 11.3. The fourth-order valence-corrected chi connectivity index (χ4v) is 3.08. The van der Waals surface area contributed by atoms with Crippen LogP contribution in [0.4, 0.5) is 0 Å². The molecule has 2 heteroatoms. The number of carboxylic acids is 1. The molecule has 2 aliphatic rings. The van der Waals surface area contributed by atoms with Crippen molar-refractivity contribution in [1.29, 1.82) is 0 Å². The Morgan fingerprint density at radius 1 is 1.41 bits per heavy atom. The summed E-state index contributed by atoms with van der Waals surface area (Å²) < 4.78 is 0. The Kier molecular flexibility index (Phi) is 2.29. The van der Waals surface area contributed by atoms with E-state index in [-0.39, 0.29) is 0 Å². The third-order valence-corrected chi connectivity index (χ3v) is 4.47. The van der Waals surface area contributed by atoms with E-state index >= 15 is 0 Å². The lowest BCUT2D eigenvalue weighted by Gasteiger charge is -2.24. The number of carboxylic acid groups (broad SMARTS) is 1. The van der Waals surface area contributed by atoms with Crippen molar-refractivity contribution in [3.05, 3.63) is 34.9 Å². The van der Waals surface area contributed by atoms with Gasteiger partial charge in [0.05, 0.1) is 5.41 Å². The summed E-state index contributed by atoms with van der Waals surface area (Å²) in [5.74, 6) is -0.0655. The molecule has 0 aromatic heterocycles. The van der Waals surface area contributed by atoms with Crippen LogP contribution in [0.5, 0.6) is 0 Å².